The third-order valence-electron chi connectivity index (χ3n) is 8.58. The molecule has 2 saturated heterocycles. The predicted molar refractivity (Wildman–Crippen MR) is 163 cm³/mol. The van der Waals surface area contributed by atoms with Gasteiger partial charge in [-0.05, 0) is 76.0 Å². The Morgan fingerprint density at radius 2 is 1.83 bits per heavy atom. The predicted octanol–water partition coefficient (Wildman–Crippen LogP) is 5.02. The first-order valence-corrected chi connectivity index (χ1v) is 15.3. The number of oxazole rings is 1. The summed E-state index contributed by atoms with van der Waals surface area (Å²) in [7, 11) is 0. The van der Waals surface area contributed by atoms with Gasteiger partial charge in [0.1, 0.15) is 11.2 Å². The molecule has 2 aliphatic rings. The first kappa shape index (κ1) is 32.3. The fraction of sp³-hybridized carbons (Fsp3) is 0.394. The quantitative estimate of drug-likeness (QED) is 0.235. The van der Waals surface area contributed by atoms with Crippen molar-refractivity contribution in [2.24, 2.45) is 0 Å². The number of aromatic nitrogens is 3. The van der Waals surface area contributed by atoms with Gasteiger partial charge in [-0.2, -0.15) is 13.2 Å². The van der Waals surface area contributed by atoms with Gasteiger partial charge in [0.2, 0.25) is 11.8 Å². The monoisotopic (exact) mass is 650 g/mol. The van der Waals surface area contributed by atoms with Crippen LogP contribution in [0, 0.1) is 0 Å². The molecular formula is C33H33F3N6O5. The first-order valence-electron chi connectivity index (χ1n) is 15.3. The van der Waals surface area contributed by atoms with Gasteiger partial charge in [-0.15, -0.1) is 0 Å². The summed E-state index contributed by atoms with van der Waals surface area (Å²) in [6.07, 6.45) is 0.290. The van der Waals surface area contributed by atoms with Crippen LogP contribution in [0.15, 0.2) is 53.2 Å². The highest BCUT2D eigenvalue weighted by atomic mass is 19.4. The lowest BCUT2D eigenvalue weighted by Crippen LogP contribution is -2.39. The summed E-state index contributed by atoms with van der Waals surface area (Å²) in [5.74, 6) is -1.01. The van der Waals surface area contributed by atoms with Crippen molar-refractivity contribution in [2.45, 2.75) is 69.7 Å². The fourth-order valence-electron chi connectivity index (χ4n) is 5.98. The standard InChI is InChI=1S/C33H33F3N6O5/c1-32(2,46)23-13-25-26(14-24(23)39-29(44)20-4-7-27(38-16-20)33(34,35)36)47-31(40-25)18-9-11-42(12-10-18)17-21-5-3-19(15-37-21)22-6-8-28(43)41-30(22)45/h3-5,7,13-16,18,22,46H,6,8-12,17H2,1-2H3,(H,39,44)(H,41,43,45). The average Bonchev–Trinajstić information content (AvgIpc) is 3.44. The Morgan fingerprint density at radius 3 is 2.45 bits per heavy atom. The number of carbonyl (C=O) groups is 3. The number of piperidine rings is 2. The number of alkyl halides is 3. The summed E-state index contributed by atoms with van der Waals surface area (Å²) in [4.78, 5) is 51.4. The van der Waals surface area contributed by atoms with E-state index in [1.165, 1.54) is 0 Å². The van der Waals surface area contributed by atoms with Crippen LogP contribution in [0.2, 0.25) is 0 Å². The lowest BCUT2D eigenvalue weighted by Gasteiger charge is -2.30. The van der Waals surface area contributed by atoms with E-state index >= 15 is 0 Å². The highest BCUT2D eigenvalue weighted by Gasteiger charge is 2.33. The fourth-order valence-corrected chi connectivity index (χ4v) is 5.98. The van der Waals surface area contributed by atoms with E-state index in [1.807, 2.05) is 12.1 Å². The molecule has 246 valence electrons. The Bertz CT molecular complexity index is 1810. The Hall–Kier alpha value is -4.69. The third kappa shape index (κ3) is 7.18. The van der Waals surface area contributed by atoms with Crippen LogP contribution in [-0.4, -0.2) is 55.8 Å². The van der Waals surface area contributed by atoms with E-state index < -0.39 is 23.4 Å². The molecule has 11 nitrogen and oxygen atoms in total. The van der Waals surface area contributed by atoms with E-state index in [0.717, 1.165) is 55.5 Å². The van der Waals surface area contributed by atoms with Gasteiger partial charge < -0.3 is 14.8 Å². The van der Waals surface area contributed by atoms with Gasteiger partial charge in [0.15, 0.2) is 11.5 Å². The second kappa shape index (κ2) is 12.5. The third-order valence-corrected chi connectivity index (χ3v) is 8.58. The van der Waals surface area contributed by atoms with Crippen molar-refractivity contribution in [1.82, 2.24) is 25.2 Å². The molecular weight excluding hydrogens is 617 g/mol. The zero-order valence-corrected chi connectivity index (χ0v) is 25.7. The minimum absolute atomic E-state index is 0.0448. The van der Waals surface area contributed by atoms with Crippen molar-refractivity contribution >= 4 is 34.5 Å². The Labute approximate surface area is 267 Å². The molecule has 6 rings (SSSR count). The number of anilines is 1. The van der Waals surface area contributed by atoms with E-state index in [1.54, 1.807) is 32.2 Å². The molecule has 3 aromatic heterocycles. The molecule has 0 aliphatic carbocycles. The molecule has 0 saturated carbocycles. The number of rotatable bonds is 7. The molecule has 0 spiro atoms. The minimum atomic E-state index is -4.63. The number of amides is 3. The number of nitrogens with one attached hydrogen (secondary N) is 2. The molecule has 4 aromatic rings. The number of halogens is 3. The van der Waals surface area contributed by atoms with Crippen LogP contribution >= 0.6 is 0 Å². The SMILES string of the molecule is CC(C)(O)c1cc2nc(C3CCN(Cc4ccc(C5CCC(=O)NC5=O)cn4)CC3)oc2cc1NC(=O)c1ccc(C(F)(F)F)nc1. The number of imide groups is 1. The van der Waals surface area contributed by atoms with Crippen molar-refractivity contribution in [2.75, 3.05) is 18.4 Å². The number of carbonyl (C=O) groups excluding carboxylic acids is 3. The van der Waals surface area contributed by atoms with Crippen LogP contribution < -0.4 is 10.6 Å². The van der Waals surface area contributed by atoms with Crippen LogP contribution in [0.3, 0.4) is 0 Å². The largest absolute Gasteiger partial charge is 0.440 e. The zero-order valence-electron chi connectivity index (χ0n) is 25.7. The smallest absolute Gasteiger partial charge is 0.433 e. The summed E-state index contributed by atoms with van der Waals surface area (Å²) in [5.41, 5.74) is 0.615. The van der Waals surface area contributed by atoms with Crippen LogP contribution in [0.5, 0.6) is 0 Å². The molecule has 1 atom stereocenters. The first-order chi connectivity index (χ1) is 22.2. The van der Waals surface area contributed by atoms with Gasteiger partial charge in [-0.3, -0.25) is 34.6 Å². The molecule has 2 fully saturated rings. The van der Waals surface area contributed by atoms with Gasteiger partial charge in [0, 0.05) is 42.9 Å². The molecule has 5 heterocycles. The van der Waals surface area contributed by atoms with Gasteiger partial charge in [-0.1, -0.05) is 6.07 Å². The highest BCUT2D eigenvalue weighted by molar-refractivity contribution is 6.05. The maximum atomic E-state index is 12.9. The lowest BCUT2D eigenvalue weighted by molar-refractivity contribution is -0.141. The molecule has 2 aliphatic heterocycles. The Morgan fingerprint density at radius 1 is 1.06 bits per heavy atom. The van der Waals surface area contributed by atoms with Crippen molar-refractivity contribution in [3.05, 3.63) is 82.8 Å². The highest BCUT2D eigenvalue weighted by Crippen LogP contribution is 2.36. The molecule has 1 unspecified atom stereocenters. The number of benzene rings is 1. The maximum absolute atomic E-state index is 12.9. The summed E-state index contributed by atoms with van der Waals surface area (Å²) >= 11 is 0. The Kier molecular flexibility index (Phi) is 8.57. The van der Waals surface area contributed by atoms with E-state index in [4.69, 9.17) is 9.40 Å². The van der Waals surface area contributed by atoms with E-state index in [0.29, 0.717) is 41.9 Å². The normalized spacial score (nSPS) is 18.4. The Balaban J connectivity index is 1.11. The van der Waals surface area contributed by atoms with Crippen molar-refractivity contribution in [3.8, 4) is 0 Å². The molecule has 1 aromatic carbocycles. The van der Waals surface area contributed by atoms with Gasteiger partial charge in [0.05, 0.1) is 28.5 Å². The van der Waals surface area contributed by atoms with E-state index in [2.05, 4.69) is 25.5 Å². The van der Waals surface area contributed by atoms with Crippen molar-refractivity contribution < 1.29 is 37.1 Å². The molecule has 14 heteroatoms. The van der Waals surface area contributed by atoms with Crippen molar-refractivity contribution in [3.63, 3.8) is 0 Å². The molecule has 47 heavy (non-hydrogen) atoms. The maximum Gasteiger partial charge on any atom is 0.433 e. The van der Waals surface area contributed by atoms with Crippen LogP contribution in [0.1, 0.15) is 90.1 Å². The van der Waals surface area contributed by atoms with Crippen molar-refractivity contribution in [1.29, 1.82) is 0 Å². The average molecular weight is 651 g/mol. The number of fused-ring (bicyclic) bond motifs is 1. The molecule has 0 radical (unpaired) electrons. The van der Waals surface area contributed by atoms with Gasteiger partial charge >= 0.3 is 6.18 Å². The van der Waals surface area contributed by atoms with E-state index in [-0.39, 0.29) is 34.9 Å². The molecule has 0 bridgehead atoms. The van der Waals surface area contributed by atoms with Gasteiger partial charge in [0.25, 0.3) is 5.91 Å². The summed E-state index contributed by atoms with van der Waals surface area (Å²) < 4.78 is 44.8. The number of hydrogen-bond donors (Lipinski definition) is 3. The summed E-state index contributed by atoms with van der Waals surface area (Å²) in [6, 6.07) is 8.79. The number of nitrogens with zero attached hydrogens (tertiary/aromatic N) is 4. The van der Waals surface area contributed by atoms with E-state index in [9.17, 15) is 32.7 Å². The number of aliphatic hydroxyl groups is 1. The topological polar surface area (TPSA) is 151 Å². The zero-order chi connectivity index (χ0) is 33.5. The van der Waals surface area contributed by atoms with Crippen LogP contribution in [-0.2, 0) is 27.9 Å². The lowest BCUT2D eigenvalue weighted by atomic mass is 9.91. The molecule has 3 amide bonds. The molecule has 3 N–H and O–H groups in total. The second-order valence-corrected chi connectivity index (χ2v) is 12.5. The number of likely N-dealkylation sites (tertiary alicyclic amines) is 1. The summed E-state index contributed by atoms with van der Waals surface area (Å²) in [6.45, 7) is 5.30. The second-order valence-electron chi connectivity index (χ2n) is 12.5. The van der Waals surface area contributed by atoms with Gasteiger partial charge in [-0.25, -0.2) is 4.98 Å². The minimum Gasteiger partial charge on any atom is -0.440 e. The van der Waals surface area contributed by atoms with Crippen LogP contribution in [0.4, 0.5) is 18.9 Å². The van der Waals surface area contributed by atoms with Crippen LogP contribution in [0.25, 0.3) is 11.1 Å². The number of hydrogen-bond acceptors (Lipinski definition) is 9. The number of pyridine rings is 2. The summed E-state index contributed by atoms with van der Waals surface area (Å²) in [5, 5.41) is 15.9.